The fourth-order valence-corrected chi connectivity index (χ4v) is 3.96. The van der Waals surface area contributed by atoms with Gasteiger partial charge in [0.05, 0.1) is 25.1 Å². The average Bonchev–Trinajstić information content (AvgIpc) is 3.43. The van der Waals surface area contributed by atoms with Crippen LogP contribution in [0.25, 0.3) is 11.4 Å². The zero-order valence-electron chi connectivity index (χ0n) is 16.9. The molecule has 0 aliphatic heterocycles. The second-order valence-corrected chi connectivity index (χ2v) is 7.95. The standard InChI is InChI=1S/C23H21FN4O2S/c1-27(15-20-8-5-13-30-20)21(29)16-31-23-26-25-22(18-9-11-19(24)12-10-18)28(23)14-17-6-3-2-4-7-17/h2-13H,14-16H2,1H3. The number of aromatic nitrogens is 3. The van der Waals surface area contributed by atoms with E-state index in [-0.39, 0.29) is 17.5 Å². The molecule has 0 aliphatic carbocycles. The van der Waals surface area contributed by atoms with Crippen molar-refractivity contribution in [1.29, 1.82) is 0 Å². The van der Waals surface area contributed by atoms with Crippen molar-refractivity contribution in [3.63, 3.8) is 0 Å². The molecule has 158 valence electrons. The topological polar surface area (TPSA) is 64.2 Å². The molecule has 0 unspecified atom stereocenters. The van der Waals surface area contributed by atoms with Crippen molar-refractivity contribution in [2.45, 2.75) is 18.2 Å². The van der Waals surface area contributed by atoms with Gasteiger partial charge in [0.1, 0.15) is 11.6 Å². The third kappa shape index (κ3) is 5.21. The summed E-state index contributed by atoms with van der Waals surface area (Å²) in [5.41, 5.74) is 1.84. The van der Waals surface area contributed by atoms with Crippen LogP contribution in [-0.2, 0) is 17.9 Å². The van der Waals surface area contributed by atoms with E-state index in [0.717, 1.165) is 16.9 Å². The number of carbonyl (C=O) groups excluding carboxylic acids is 1. The van der Waals surface area contributed by atoms with Gasteiger partial charge in [-0.05, 0) is 42.0 Å². The smallest absolute Gasteiger partial charge is 0.233 e. The Balaban J connectivity index is 1.53. The number of halogens is 1. The lowest BCUT2D eigenvalue weighted by atomic mass is 10.2. The van der Waals surface area contributed by atoms with Crippen LogP contribution in [0.15, 0.2) is 82.6 Å². The molecule has 6 nitrogen and oxygen atoms in total. The van der Waals surface area contributed by atoms with Crippen molar-refractivity contribution in [2.75, 3.05) is 12.8 Å². The minimum atomic E-state index is -0.308. The summed E-state index contributed by atoms with van der Waals surface area (Å²) < 4.78 is 20.6. The van der Waals surface area contributed by atoms with Crippen molar-refractivity contribution in [2.24, 2.45) is 0 Å². The van der Waals surface area contributed by atoms with Crippen molar-refractivity contribution < 1.29 is 13.6 Å². The lowest BCUT2D eigenvalue weighted by molar-refractivity contribution is -0.127. The molecule has 4 aromatic rings. The van der Waals surface area contributed by atoms with Gasteiger partial charge < -0.3 is 9.32 Å². The molecular weight excluding hydrogens is 415 g/mol. The highest BCUT2D eigenvalue weighted by atomic mass is 32.2. The molecule has 8 heteroatoms. The van der Waals surface area contributed by atoms with E-state index in [9.17, 15) is 9.18 Å². The van der Waals surface area contributed by atoms with Crippen LogP contribution in [0, 0.1) is 5.82 Å². The van der Waals surface area contributed by atoms with E-state index < -0.39 is 0 Å². The Morgan fingerprint density at radius 3 is 2.55 bits per heavy atom. The first-order chi connectivity index (χ1) is 15.1. The predicted octanol–water partition coefficient (Wildman–Crippen LogP) is 4.48. The van der Waals surface area contributed by atoms with Crippen LogP contribution in [0.5, 0.6) is 0 Å². The number of hydrogen-bond acceptors (Lipinski definition) is 5. The molecular formula is C23H21FN4O2S. The maximum Gasteiger partial charge on any atom is 0.233 e. The second kappa shape index (κ2) is 9.61. The summed E-state index contributed by atoms with van der Waals surface area (Å²) in [5.74, 6) is 1.22. The molecule has 31 heavy (non-hydrogen) atoms. The highest BCUT2D eigenvalue weighted by Gasteiger charge is 2.18. The first-order valence-electron chi connectivity index (χ1n) is 9.72. The van der Waals surface area contributed by atoms with E-state index in [1.54, 1.807) is 36.4 Å². The second-order valence-electron chi connectivity index (χ2n) is 7.00. The van der Waals surface area contributed by atoms with Crippen LogP contribution in [0.4, 0.5) is 4.39 Å². The molecule has 0 spiro atoms. The zero-order valence-corrected chi connectivity index (χ0v) is 17.8. The van der Waals surface area contributed by atoms with Crippen LogP contribution >= 0.6 is 11.8 Å². The molecule has 0 saturated carbocycles. The van der Waals surface area contributed by atoms with Crippen molar-refractivity contribution >= 4 is 17.7 Å². The number of amides is 1. The van der Waals surface area contributed by atoms with Gasteiger partial charge >= 0.3 is 0 Å². The number of hydrogen-bond donors (Lipinski definition) is 0. The van der Waals surface area contributed by atoms with Gasteiger partial charge in [0.15, 0.2) is 11.0 Å². The van der Waals surface area contributed by atoms with E-state index in [4.69, 9.17) is 4.42 Å². The fourth-order valence-electron chi connectivity index (χ4n) is 3.08. The summed E-state index contributed by atoms with van der Waals surface area (Å²) in [5, 5.41) is 9.26. The van der Waals surface area contributed by atoms with Gasteiger partial charge in [0.25, 0.3) is 0 Å². The summed E-state index contributed by atoms with van der Waals surface area (Å²) in [6.07, 6.45) is 1.59. The Hall–Kier alpha value is -3.39. The largest absolute Gasteiger partial charge is 0.467 e. The van der Waals surface area contributed by atoms with Crippen molar-refractivity contribution in [3.8, 4) is 11.4 Å². The third-order valence-corrected chi connectivity index (χ3v) is 5.68. The lowest BCUT2D eigenvalue weighted by Gasteiger charge is -2.15. The SMILES string of the molecule is CN(Cc1ccco1)C(=O)CSc1nnc(-c2ccc(F)cc2)n1Cc1ccccc1. The Morgan fingerprint density at radius 2 is 1.84 bits per heavy atom. The van der Waals surface area contributed by atoms with Gasteiger partial charge in [0, 0.05) is 12.6 Å². The van der Waals surface area contributed by atoms with E-state index in [1.165, 1.54) is 23.9 Å². The third-order valence-electron chi connectivity index (χ3n) is 4.73. The molecule has 2 aromatic heterocycles. The minimum Gasteiger partial charge on any atom is -0.467 e. The highest BCUT2D eigenvalue weighted by Crippen LogP contribution is 2.26. The molecule has 0 atom stereocenters. The summed E-state index contributed by atoms with van der Waals surface area (Å²) in [4.78, 5) is 14.2. The van der Waals surface area contributed by atoms with Crippen LogP contribution in [0.3, 0.4) is 0 Å². The average molecular weight is 437 g/mol. The van der Waals surface area contributed by atoms with Gasteiger partial charge in [0.2, 0.25) is 5.91 Å². The molecule has 0 fully saturated rings. The summed E-state index contributed by atoms with van der Waals surface area (Å²) in [6.45, 7) is 0.948. The van der Waals surface area contributed by atoms with Crippen molar-refractivity contribution in [1.82, 2.24) is 19.7 Å². The van der Waals surface area contributed by atoms with E-state index in [2.05, 4.69) is 10.2 Å². The molecule has 0 aliphatic rings. The maximum atomic E-state index is 13.4. The van der Waals surface area contributed by atoms with Gasteiger partial charge in [-0.1, -0.05) is 42.1 Å². The molecule has 4 rings (SSSR count). The van der Waals surface area contributed by atoms with Crippen LogP contribution in [-0.4, -0.2) is 38.4 Å². The Labute approximate surface area is 183 Å². The minimum absolute atomic E-state index is 0.0426. The number of furan rings is 1. The van der Waals surface area contributed by atoms with Crippen LogP contribution in [0.2, 0.25) is 0 Å². The molecule has 0 saturated heterocycles. The van der Waals surface area contributed by atoms with Crippen LogP contribution < -0.4 is 0 Å². The Morgan fingerprint density at radius 1 is 1.06 bits per heavy atom. The van der Waals surface area contributed by atoms with Crippen molar-refractivity contribution in [3.05, 3.63) is 90.1 Å². The summed E-state index contributed by atoms with van der Waals surface area (Å²) in [6, 6.07) is 19.7. The van der Waals surface area contributed by atoms with Gasteiger partial charge in [-0.15, -0.1) is 10.2 Å². The normalized spacial score (nSPS) is 10.9. The number of thioether (sulfide) groups is 1. The first kappa shape index (κ1) is 20.9. The van der Waals surface area contributed by atoms with Gasteiger partial charge in [-0.25, -0.2) is 4.39 Å². The number of rotatable bonds is 8. The zero-order chi connectivity index (χ0) is 21.6. The first-order valence-corrected chi connectivity index (χ1v) is 10.7. The Bertz CT molecular complexity index is 1130. The fraction of sp³-hybridized carbons (Fsp3) is 0.174. The monoisotopic (exact) mass is 436 g/mol. The molecule has 2 aromatic carbocycles. The molecule has 1 amide bonds. The summed E-state index contributed by atoms with van der Waals surface area (Å²) in [7, 11) is 1.74. The maximum absolute atomic E-state index is 13.4. The molecule has 0 radical (unpaired) electrons. The van der Waals surface area contributed by atoms with E-state index >= 15 is 0 Å². The van der Waals surface area contributed by atoms with Gasteiger partial charge in [-0.2, -0.15) is 0 Å². The van der Waals surface area contributed by atoms with Crippen LogP contribution in [0.1, 0.15) is 11.3 Å². The quantitative estimate of drug-likeness (QED) is 0.381. The Kier molecular flexibility index (Phi) is 6.47. The molecule has 0 N–H and O–H groups in total. The number of carbonyl (C=O) groups is 1. The van der Waals surface area contributed by atoms with Gasteiger partial charge in [-0.3, -0.25) is 9.36 Å². The summed E-state index contributed by atoms with van der Waals surface area (Å²) >= 11 is 1.33. The lowest BCUT2D eigenvalue weighted by Crippen LogP contribution is -2.27. The van der Waals surface area contributed by atoms with E-state index in [0.29, 0.717) is 24.1 Å². The number of nitrogens with zero attached hydrogens (tertiary/aromatic N) is 4. The highest BCUT2D eigenvalue weighted by molar-refractivity contribution is 7.99. The predicted molar refractivity (Wildman–Crippen MR) is 117 cm³/mol. The number of benzene rings is 2. The molecule has 0 bridgehead atoms. The van der Waals surface area contributed by atoms with E-state index in [1.807, 2.05) is 41.0 Å². The molecule has 2 heterocycles.